The molecule has 6 aromatic rings. The number of phenolic OH excluding ortho intramolecular Hbond substituents is 3. The molecule has 0 saturated heterocycles. The second kappa shape index (κ2) is 14.5. The van der Waals surface area contributed by atoms with Crippen molar-refractivity contribution in [2.24, 2.45) is 5.16 Å². The van der Waals surface area contributed by atoms with Crippen LogP contribution in [0.2, 0.25) is 0 Å². The molecule has 0 aliphatic carbocycles. The van der Waals surface area contributed by atoms with Crippen molar-refractivity contribution >= 4 is 74.3 Å². The summed E-state index contributed by atoms with van der Waals surface area (Å²) < 4.78 is 1.58. The van der Waals surface area contributed by atoms with Crippen molar-refractivity contribution in [3.05, 3.63) is 109 Å². The van der Waals surface area contributed by atoms with Crippen LogP contribution in [-0.2, 0) is 0 Å². The highest BCUT2D eigenvalue weighted by Crippen LogP contribution is 2.30. The maximum atomic E-state index is 10.9. The molecule has 6 rings (SSSR count). The predicted molar refractivity (Wildman–Crippen MR) is 172 cm³/mol. The van der Waals surface area contributed by atoms with Gasteiger partial charge >= 0.3 is 0 Å². The van der Waals surface area contributed by atoms with Crippen molar-refractivity contribution in [3.63, 3.8) is 0 Å². The molecule has 0 saturated carbocycles. The van der Waals surface area contributed by atoms with Gasteiger partial charge in [0.2, 0.25) is 4.74 Å². The summed E-state index contributed by atoms with van der Waals surface area (Å²) in [4.78, 5) is 14.1. The fourth-order valence-corrected chi connectivity index (χ4v) is 9.39. The number of hydrogen-bond acceptors (Lipinski definition) is 13. The first-order valence-electron chi connectivity index (χ1n) is 11.2. The van der Waals surface area contributed by atoms with Crippen molar-refractivity contribution in [2.45, 2.75) is 0 Å². The Balaban J connectivity index is 0.000000139. The summed E-state index contributed by atoms with van der Waals surface area (Å²) in [5, 5.41) is 38.9. The Morgan fingerprint density at radius 3 is 1.27 bits per heavy atom. The molecule has 0 spiro atoms. The molecule has 0 radical (unpaired) electrons. The maximum absolute atomic E-state index is 10.9. The average molecular weight is 662 g/mol. The minimum atomic E-state index is 0.0769. The van der Waals surface area contributed by atoms with Crippen LogP contribution >= 0.6 is 74.3 Å². The van der Waals surface area contributed by atoms with Gasteiger partial charge in [-0.25, -0.2) is 0 Å². The van der Waals surface area contributed by atoms with Gasteiger partial charge in [0.25, 0.3) is 0 Å². The highest BCUT2D eigenvalue weighted by atomic mass is 32.9. The molecule has 0 fully saturated rings. The van der Waals surface area contributed by atoms with E-state index in [0.717, 1.165) is 35.1 Å². The number of rotatable bonds is 3. The zero-order valence-electron chi connectivity index (χ0n) is 20.2. The van der Waals surface area contributed by atoms with Crippen LogP contribution in [0.3, 0.4) is 0 Å². The third-order valence-electron chi connectivity index (χ3n) is 4.95. The van der Waals surface area contributed by atoms with Gasteiger partial charge in [-0.2, -0.15) is 0 Å². The van der Waals surface area contributed by atoms with Gasteiger partial charge < -0.3 is 20.5 Å². The maximum Gasteiger partial charge on any atom is 0.243 e. The Morgan fingerprint density at radius 1 is 0.525 bits per heavy atom. The molecule has 6 nitrogen and oxygen atoms in total. The van der Waals surface area contributed by atoms with Gasteiger partial charge in [-0.15, -0.1) is 0 Å². The van der Waals surface area contributed by atoms with Crippen molar-refractivity contribution in [1.29, 1.82) is 0 Å². The molecule has 0 aliphatic heterocycles. The van der Waals surface area contributed by atoms with Crippen molar-refractivity contribution in [2.75, 3.05) is 0 Å². The first kappa shape index (κ1) is 29.8. The largest absolute Gasteiger partial charge is 0.508 e. The number of hydrogen-bond donors (Lipinski definition) is 4. The number of nitrogens with zero attached hydrogens (tertiary/aromatic N) is 1. The summed E-state index contributed by atoms with van der Waals surface area (Å²) in [6, 6.07) is 26.3. The van der Waals surface area contributed by atoms with Crippen LogP contribution in [0, 0.1) is 3.82 Å². The molecule has 3 aromatic carbocycles. The van der Waals surface area contributed by atoms with Crippen molar-refractivity contribution in [3.8, 4) is 48.6 Å². The molecule has 13 heteroatoms. The summed E-state index contributed by atoms with van der Waals surface area (Å²) in [6.07, 6.45) is 0. The zero-order valence-corrected chi connectivity index (χ0v) is 25.9. The molecule has 4 N–H and O–H groups in total. The van der Waals surface area contributed by atoms with E-state index in [4.69, 9.17) is 32.7 Å². The van der Waals surface area contributed by atoms with Crippen molar-refractivity contribution < 1.29 is 20.5 Å². The summed E-state index contributed by atoms with van der Waals surface area (Å²) in [7, 11) is 8.90. The molecular formula is C27H19NO5S7. The molecule has 0 unspecified atom stereocenters. The van der Waals surface area contributed by atoms with E-state index >= 15 is 0 Å². The van der Waals surface area contributed by atoms with Gasteiger partial charge in [-0.1, -0.05) is 69.1 Å². The van der Waals surface area contributed by atoms with Gasteiger partial charge in [0, 0.05) is 20.7 Å². The monoisotopic (exact) mass is 661 g/mol. The van der Waals surface area contributed by atoms with Gasteiger partial charge in [0.15, 0.2) is 4.67 Å². The topological polar surface area (TPSA) is 110 Å². The Bertz CT molecular complexity index is 1730. The van der Waals surface area contributed by atoms with Crippen LogP contribution in [0.1, 0.15) is 0 Å². The van der Waals surface area contributed by atoms with E-state index in [1.54, 1.807) is 75.3 Å². The normalized spacial score (nSPS) is 10.8. The Morgan fingerprint density at radius 2 is 0.925 bits per heavy atom. The minimum Gasteiger partial charge on any atom is -0.508 e. The van der Waals surface area contributed by atoms with Crippen LogP contribution in [-0.4, -0.2) is 20.5 Å². The van der Waals surface area contributed by atoms with E-state index in [1.165, 1.54) is 41.4 Å². The summed E-state index contributed by atoms with van der Waals surface area (Å²) in [5.41, 5.74) is 3.09. The molecule has 40 heavy (non-hydrogen) atoms. The zero-order chi connectivity index (χ0) is 28.5. The van der Waals surface area contributed by atoms with Gasteiger partial charge in [-0.05, 0) is 112 Å². The molecule has 0 bridgehead atoms. The highest BCUT2D eigenvalue weighted by molar-refractivity contribution is 7.80. The van der Waals surface area contributed by atoms with Gasteiger partial charge in [0.1, 0.15) is 21.1 Å². The summed E-state index contributed by atoms with van der Waals surface area (Å²) >= 11 is 5.04. The third-order valence-corrected chi connectivity index (χ3v) is 12.3. The smallest absolute Gasteiger partial charge is 0.243 e. The van der Waals surface area contributed by atoms with E-state index in [-0.39, 0.29) is 16.2 Å². The van der Waals surface area contributed by atoms with Crippen LogP contribution in [0.5, 0.6) is 17.2 Å². The summed E-state index contributed by atoms with van der Waals surface area (Å²) in [6.45, 7) is 0. The average Bonchev–Trinajstić information content (AvgIpc) is 3.72. The number of phenols is 3. The summed E-state index contributed by atoms with van der Waals surface area (Å²) in [5.74, 6) is 0.787. The molecule has 0 aliphatic rings. The molecular weight excluding hydrogens is 643 g/mol. The van der Waals surface area contributed by atoms with E-state index < -0.39 is 0 Å². The lowest BCUT2D eigenvalue weighted by Gasteiger charge is -1.95. The second-order valence-corrected chi connectivity index (χ2v) is 15.0. The van der Waals surface area contributed by atoms with Crippen molar-refractivity contribution in [1.82, 2.24) is 0 Å². The van der Waals surface area contributed by atoms with Crippen LogP contribution in [0.25, 0.3) is 31.3 Å². The second-order valence-electron chi connectivity index (χ2n) is 7.74. The Hall–Kier alpha value is -3.17. The fraction of sp³-hybridized carbons (Fsp3) is 0. The standard InChI is InChI=1S/C9H7NO2S2.C9H6O2S2.C9H6OS3/c11-7-3-1-6(2-4-7)8-5-9(10-12)14-13-8;2*10-7-3-1-6(2-4-7)8-5-9(11)13-12-8/h1-5,11-12H;2*1-5,10H. The number of aromatic hydroxyl groups is 3. The predicted octanol–water partition coefficient (Wildman–Crippen LogP) is 8.93. The van der Waals surface area contributed by atoms with E-state index in [0.29, 0.717) is 10.4 Å². The number of benzene rings is 3. The Labute approximate surface area is 255 Å². The van der Waals surface area contributed by atoms with E-state index in [1.807, 2.05) is 36.4 Å². The Kier molecular flexibility index (Phi) is 10.8. The van der Waals surface area contributed by atoms with E-state index in [2.05, 4.69) is 5.16 Å². The lowest BCUT2D eigenvalue weighted by Crippen LogP contribution is -1.87. The molecule has 204 valence electrons. The highest BCUT2D eigenvalue weighted by Gasteiger charge is 2.02. The van der Waals surface area contributed by atoms with E-state index in [9.17, 15) is 4.79 Å². The first-order chi connectivity index (χ1) is 19.3. The molecule has 0 atom stereocenters. The lowest BCUT2D eigenvalue weighted by atomic mass is 10.2. The molecule has 3 aromatic heterocycles. The molecule has 3 heterocycles. The van der Waals surface area contributed by atoms with Crippen LogP contribution < -0.4 is 9.41 Å². The third kappa shape index (κ3) is 8.66. The van der Waals surface area contributed by atoms with Gasteiger partial charge in [-0.3, -0.25) is 4.79 Å². The first-order valence-corrected chi connectivity index (χ1v) is 18.0. The van der Waals surface area contributed by atoms with Gasteiger partial charge in [0.05, 0.1) is 0 Å². The SMILES string of the molecule is O=c1cc(-c2ccc(O)cc2)ss1.ON=c1cc(-c2ccc(O)cc2)ss1.Oc1ccc(-c2cc(=S)ss2)cc1. The quantitative estimate of drug-likeness (QED) is 0.0653. The minimum absolute atomic E-state index is 0.0769. The van der Waals surface area contributed by atoms with Crippen LogP contribution in [0.15, 0.2) is 101 Å². The lowest BCUT2D eigenvalue weighted by molar-refractivity contribution is 0.304. The van der Waals surface area contributed by atoms with Crippen LogP contribution in [0.4, 0.5) is 0 Å². The molecule has 0 amide bonds. The fourth-order valence-electron chi connectivity index (χ4n) is 3.05.